The highest BCUT2D eigenvalue weighted by Gasteiger charge is 2.65. The summed E-state index contributed by atoms with van der Waals surface area (Å²) in [5.74, 6) is 2.18. The molecule has 0 radical (unpaired) electrons. The summed E-state index contributed by atoms with van der Waals surface area (Å²) in [6.07, 6.45) is 6.56. The van der Waals surface area contributed by atoms with Crippen LogP contribution in [0, 0.1) is 46.3 Å². The average molecular weight is 464 g/mol. The number of Topliss-reactive ketones (excluding diaryl/α,β-unsaturated/α-hetero) is 1. The van der Waals surface area contributed by atoms with Crippen LogP contribution >= 0.6 is 0 Å². The van der Waals surface area contributed by atoms with E-state index < -0.39 is 0 Å². The second-order valence-electron chi connectivity index (χ2n) is 12.4. The number of amides is 1. The van der Waals surface area contributed by atoms with Gasteiger partial charge in [0, 0.05) is 13.5 Å². The molecular formula is C27H45NO5. The highest BCUT2D eigenvalue weighted by atomic mass is 16.6. The van der Waals surface area contributed by atoms with Crippen LogP contribution in [0.2, 0.25) is 0 Å². The van der Waals surface area contributed by atoms with Crippen molar-refractivity contribution in [3.05, 3.63) is 0 Å². The van der Waals surface area contributed by atoms with Gasteiger partial charge in [-0.25, -0.2) is 4.79 Å². The van der Waals surface area contributed by atoms with E-state index in [-0.39, 0.29) is 46.9 Å². The van der Waals surface area contributed by atoms with Gasteiger partial charge in [-0.1, -0.05) is 20.8 Å². The van der Waals surface area contributed by atoms with Crippen molar-refractivity contribution in [3.8, 4) is 0 Å². The minimum atomic E-state index is -0.377. The van der Waals surface area contributed by atoms with Gasteiger partial charge in [0.15, 0.2) is 0 Å². The number of nitrogens with one attached hydrogen (secondary N) is 1. The second-order valence-corrected chi connectivity index (χ2v) is 12.4. The van der Waals surface area contributed by atoms with Crippen molar-refractivity contribution in [1.29, 1.82) is 0 Å². The molecule has 0 spiro atoms. The average Bonchev–Trinajstić information content (AvgIpc) is 3.12. The summed E-state index contributed by atoms with van der Waals surface area (Å²) >= 11 is 0. The summed E-state index contributed by atoms with van der Waals surface area (Å²) in [5.41, 5.74) is -0.131. The van der Waals surface area contributed by atoms with Crippen LogP contribution in [0.25, 0.3) is 0 Å². The van der Waals surface area contributed by atoms with Gasteiger partial charge in [0.25, 0.3) is 0 Å². The fourth-order valence-electron chi connectivity index (χ4n) is 9.06. The van der Waals surface area contributed by atoms with Crippen LogP contribution in [0.5, 0.6) is 0 Å². The van der Waals surface area contributed by atoms with E-state index in [1.54, 1.807) is 14.0 Å². The molecule has 0 aromatic carbocycles. The first-order valence-corrected chi connectivity index (χ1v) is 13.3. The van der Waals surface area contributed by atoms with E-state index in [1.807, 2.05) is 0 Å². The maximum Gasteiger partial charge on any atom is 0.407 e. The summed E-state index contributed by atoms with van der Waals surface area (Å²) in [6.45, 7) is 8.56. The molecule has 0 aromatic heterocycles. The lowest BCUT2D eigenvalue weighted by Crippen LogP contribution is -2.62. The van der Waals surface area contributed by atoms with Gasteiger partial charge in [0.05, 0.1) is 12.2 Å². The molecule has 33 heavy (non-hydrogen) atoms. The van der Waals surface area contributed by atoms with Crippen molar-refractivity contribution in [1.82, 2.24) is 5.32 Å². The smallest absolute Gasteiger partial charge is 0.407 e. The standard InChI is InChI=1S/C27H45NO5/c1-15(6-7-16(2)29)19-8-9-20-24-21(14-23(31)27(19,20)4)26(3)11-10-18(33-25(32)28-5)12-17(26)13-22(24)30/h15,17-24,30-31H,6-14H2,1-5H3,(H,28,32)/t15-,17+,18-,19-,20+,21+,22-,23+,24+,26+,27-/m1/s1. The fraction of sp³-hybridized carbons (Fsp3) is 0.926. The van der Waals surface area contributed by atoms with Gasteiger partial charge in [-0.15, -0.1) is 0 Å². The molecule has 1 amide bonds. The number of hydrogen-bond donors (Lipinski definition) is 3. The van der Waals surface area contributed by atoms with Gasteiger partial charge in [0.1, 0.15) is 11.9 Å². The lowest BCUT2D eigenvalue weighted by atomic mass is 9.43. The Bertz CT molecular complexity index is 757. The lowest BCUT2D eigenvalue weighted by Gasteiger charge is -2.63. The fourth-order valence-corrected chi connectivity index (χ4v) is 9.06. The van der Waals surface area contributed by atoms with E-state index in [2.05, 4.69) is 26.1 Å². The molecule has 0 aliphatic heterocycles. The van der Waals surface area contributed by atoms with E-state index in [4.69, 9.17) is 4.74 Å². The molecule has 0 aromatic rings. The monoisotopic (exact) mass is 463 g/mol. The Kier molecular flexibility index (Phi) is 6.92. The third kappa shape index (κ3) is 4.13. The molecule has 4 fully saturated rings. The topological polar surface area (TPSA) is 95.9 Å². The van der Waals surface area contributed by atoms with Gasteiger partial charge in [-0.05, 0) is 105 Å². The molecule has 6 nitrogen and oxygen atoms in total. The number of aliphatic hydroxyl groups excluding tert-OH is 2. The Morgan fingerprint density at radius 3 is 2.48 bits per heavy atom. The number of carbonyl (C=O) groups excluding carboxylic acids is 2. The Balaban J connectivity index is 1.54. The zero-order valence-electron chi connectivity index (χ0n) is 21.2. The normalized spacial score (nSPS) is 47.6. The minimum absolute atomic E-state index is 0.0626. The number of aliphatic hydroxyl groups is 2. The summed E-state index contributed by atoms with van der Waals surface area (Å²) in [4.78, 5) is 23.3. The van der Waals surface area contributed by atoms with Gasteiger partial charge in [-0.3, -0.25) is 0 Å². The SMILES string of the molecule is CNC(=O)O[C@@H]1CC[C@@]2(C)[C@@H](C1)C[C@@H](O)[C@@H]1[C@@H]2C[C@H](O)[C@]2(C)[C@@H]([C@H](C)CCC(C)=O)CC[C@@H]12. The number of ether oxygens (including phenoxy) is 1. The number of carbonyl (C=O) groups is 2. The Labute approximate surface area is 199 Å². The first-order chi connectivity index (χ1) is 15.5. The largest absolute Gasteiger partial charge is 0.446 e. The molecule has 3 N–H and O–H groups in total. The molecule has 188 valence electrons. The van der Waals surface area contributed by atoms with Crippen LogP contribution in [0.1, 0.15) is 85.5 Å². The van der Waals surface area contributed by atoms with Gasteiger partial charge < -0.3 is 25.1 Å². The van der Waals surface area contributed by atoms with Crippen molar-refractivity contribution < 1.29 is 24.5 Å². The van der Waals surface area contributed by atoms with E-state index in [0.29, 0.717) is 36.0 Å². The molecule has 4 saturated carbocycles. The van der Waals surface area contributed by atoms with Crippen LogP contribution in [0.15, 0.2) is 0 Å². The third-order valence-corrected chi connectivity index (χ3v) is 10.9. The van der Waals surface area contributed by atoms with Crippen LogP contribution in [0.3, 0.4) is 0 Å². The highest BCUT2D eigenvalue weighted by Crippen LogP contribution is 2.68. The Hall–Kier alpha value is -1.14. The van der Waals surface area contributed by atoms with E-state index >= 15 is 0 Å². The number of ketones is 1. The quantitative estimate of drug-likeness (QED) is 0.564. The molecule has 0 heterocycles. The molecule has 4 aliphatic rings. The van der Waals surface area contributed by atoms with E-state index in [0.717, 1.165) is 51.4 Å². The zero-order valence-corrected chi connectivity index (χ0v) is 21.2. The van der Waals surface area contributed by atoms with E-state index in [9.17, 15) is 19.8 Å². The van der Waals surface area contributed by atoms with Crippen LogP contribution < -0.4 is 5.32 Å². The van der Waals surface area contributed by atoms with Crippen LogP contribution in [-0.4, -0.2) is 47.4 Å². The summed E-state index contributed by atoms with van der Waals surface area (Å²) in [5, 5.41) is 25.7. The molecular weight excluding hydrogens is 418 g/mol. The number of hydrogen-bond acceptors (Lipinski definition) is 5. The first-order valence-electron chi connectivity index (χ1n) is 13.3. The second kappa shape index (κ2) is 9.14. The summed E-state index contributed by atoms with van der Waals surface area (Å²) in [7, 11) is 1.58. The van der Waals surface area contributed by atoms with Crippen molar-refractivity contribution in [2.24, 2.45) is 46.3 Å². The van der Waals surface area contributed by atoms with Crippen molar-refractivity contribution in [2.45, 2.75) is 104 Å². The van der Waals surface area contributed by atoms with Gasteiger partial charge in [-0.2, -0.15) is 0 Å². The molecule has 4 aliphatic carbocycles. The summed E-state index contributed by atoms with van der Waals surface area (Å²) in [6, 6.07) is 0. The highest BCUT2D eigenvalue weighted by molar-refractivity contribution is 5.75. The maximum atomic E-state index is 11.8. The van der Waals surface area contributed by atoms with Crippen molar-refractivity contribution >= 4 is 11.9 Å². The third-order valence-electron chi connectivity index (χ3n) is 10.9. The van der Waals surface area contributed by atoms with Crippen molar-refractivity contribution in [2.75, 3.05) is 7.05 Å². The van der Waals surface area contributed by atoms with Crippen LogP contribution in [-0.2, 0) is 9.53 Å². The van der Waals surface area contributed by atoms with E-state index in [1.165, 1.54) is 0 Å². The maximum absolute atomic E-state index is 11.8. The molecule has 0 unspecified atom stereocenters. The lowest BCUT2D eigenvalue weighted by molar-refractivity contribution is -0.206. The molecule has 6 heteroatoms. The first kappa shape index (κ1) is 25.0. The predicted molar refractivity (Wildman–Crippen MR) is 126 cm³/mol. The number of rotatable bonds is 5. The number of fused-ring (bicyclic) bond motifs is 5. The van der Waals surface area contributed by atoms with Crippen molar-refractivity contribution in [3.63, 3.8) is 0 Å². The Morgan fingerprint density at radius 2 is 1.82 bits per heavy atom. The van der Waals surface area contributed by atoms with Crippen LogP contribution in [0.4, 0.5) is 4.79 Å². The molecule has 0 bridgehead atoms. The Morgan fingerprint density at radius 1 is 1.09 bits per heavy atom. The van der Waals surface area contributed by atoms with Gasteiger partial charge in [0.2, 0.25) is 0 Å². The molecule has 4 rings (SSSR count). The zero-order chi connectivity index (χ0) is 24.1. The number of alkyl carbamates (subject to hydrolysis) is 1. The minimum Gasteiger partial charge on any atom is -0.446 e. The summed E-state index contributed by atoms with van der Waals surface area (Å²) < 4.78 is 5.59. The van der Waals surface area contributed by atoms with Gasteiger partial charge >= 0.3 is 6.09 Å². The predicted octanol–water partition coefficient (Wildman–Crippen LogP) is 4.32. The molecule has 11 atom stereocenters. The molecule has 0 saturated heterocycles.